The molecular weight excluding hydrogens is 110 g/mol. The second-order valence-corrected chi connectivity index (χ2v) is 1.36. The molecule has 0 bridgehead atoms. The van der Waals surface area contributed by atoms with Crippen molar-refractivity contribution in [2.75, 3.05) is 0 Å². The predicted molar refractivity (Wildman–Crippen MR) is 23.6 cm³/mol. The molecule has 0 aromatic heterocycles. The van der Waals surface area contributed by atoms with Crippen LogP contribution < -0.4 is 5.32 Å². The zero-order valence-electron chi connectivity index (χ0n) is 4.28. The average Bonchev–Trinajstić information content (AvgIpc) is 1.38. The minimum atomic E-state index is 0. The Bertz CT molecular complexity index is 21.5. The number of rotatable bonds is 1. The summed E-state index contributed by atoms with van der Waals surface area (Å²) in [5.74, 6) is 0. The summed E-state index contributed by atoms with van der Waals surface area (Å²) < 4.78 is 0. The monoisotopic (exact) mass is 120 g/mol. The molecule has 0 atom stereocenters. The van der Waals surface area contributed by atoms with Gasteiger partial charge in [-0.15, -0.1) is 0 Å². The van der Waals surface area contributed by atoms with Crippen molar-refractivity contribution < 1.29 is 21.7 Å². The van der Waals surface area contributed by atoms with Crippen molar-refractivity contribution in [1.29, 1.82) is 0 Å². The van der Waals surface area contributed by atoms with E-state index in [0.29, 0.717) is 6.04 Å². The van der Waals surface area contributed by atoms with Crippen molar-refractivity contribution in [2.24, 2.45) is 0 Å². The van der Waals surface area contributed by atoms with E-state index in [2.05, 4.69) is 12.4 Å². The normalized spacial score (nSPS) is 8.00. The standard InChI is InChI=1S/C4H10N.Ti/c1-4(2)5-3;/h4-5H,3H2,1-2H3;/q-1;. The fourth-order valence-electron chi connectivity index (χ4n) is 0. The van der Waals surface area contributed by atoms with Crippen LogP contribution in [0.25, 0.3) is 0 Å². The molecule has 6 heavy (non-hydrogen) atoms. The first kappa shape index (κ1) is 9.84. The van der Waals surface area contributed by atoms with Gasteiger partial charge in [0.2, 0.25) is 0 Å². The topological polar surface area (TPSA) is 12.0 Å². The van der Waals surface area contributed by atoms with Gasteiger partial charge in [0.15, 0.2) is 0 Å². The van der Waals surface area contributed by atoms with Crippen molar-refractivity contribution in [2.45, 2.75) is 19.9 Å². The molecule has 2 heteroatoms. The Balaban J connectivity index is 0. The SMILES string of the molecule is [CH2-]NC(C)C.[Ti]. The van der Waals surface area contributed by atoms with E-state index in [9.17, 15) is 0 Å². The molecule has 0 amide bonds. The van der Waals surface area contributed by atoms with Crippen LogP contribution in [-0.2, 0) is 21.7 Å². The average molecular weight is 120 g/mol. The maximum absolute atomic E-state index is 3.44. The van der Waals surface area contributed by atoms with E-state index in [1.54, 1.807) is 0 Å². The molecule has 0 aromatic rings. The smallest absolute Gasteiger partial charge is 0 e. The number of hydrogen-bond donors (Lipinski definition) is 1. The first-order valence-corrected chi connectivity index (χ1v) is 1.80. The molecule has 0 saturated heterocycles. The summed E-state index contributed by atoms with van der Waals surface area (Å²) in [6, 6.07) is 0.523. The van der Waals surface area contributed by atoms with Gasteiger partial charge in [-0.25, -0.2) is 0 Å². The van der Waals surface area contributed by atoms with E-state index in [1.165, 1.54) is 0 Å². The zero-order valence-corrected chi connectivity index (χ0v) is 5.85. The van der Waals surface area contributed by atoms with Crippen molar-refractivity contribution in [1.82, 2.24) is 5.32 Å². The Labute approximate surface area is 54.4 Å². The van der Waals surface area contributed by atoms with Gasteiger partial charge in [-0.1, -0.05) is 13.8 Å². The van der Waals surface area contributed by atoms with Crippen LogP contribution in [0.3, 0.4) is 0 Å². The van der Waals surface area contributed by atoms with Crippen LogP contribution in [0.5, 0.6) is 0 Å². The summed E-state index contributed by atoms with van der Waals surface area (Å²) in [4.78, 5) is 0. The summed E-state index contributed by atoms with van der Waals surface area (Å²) in [5, 5.41) is 2.78. The summed E-state index contributed by atoms with van der Waals surface area (Å²) in [5.41, 5.74) is 0. The van der Waals surface area contributed by atoms with Gasteiger partial charge in [-0.05, 0) is 6.04 Å². The molecule has 0 radical (unpaired) electrons. The Morgan fingerprint density at radius 1 is 1.50 bits per heavy atom. The molecule has 0 aliphatic heterocycles. The molecule has 0 aliphatic rings. The van der Waals surface area contributed by atoms with Crippen LogP contribution >= 0.6 is 0 Å². The molecular formula is C4H10NTi-. The Morgan fingerprint density at radius 3 is 1.67 bits per heavy atom. The molecule has 1 nitrogen and oxygen atoms in total. The predicted octanol–water partition coefficient (Wildman–Crippen LogP) is 0.773. The van der Waals surface area contributed by atoms with Crippen molar-refractivity contribution in [3.63, 3.8) is 0 Å². The quantitative estimate of drug-likeness (QED) is 0.398. The minimum Gasteiger partial charge on any atom is -0.471 e. The summed E-state index contributed by atoms with van der Waals surface area (Å²) in [7, 11) is 3.44. The zero-order chi connectivity index (χ0) is 4.28. The van der Waals surface area contributed by atoms with E-state index in [-0.39, 0.29) is 21.7 Å². The van der Waals surface area contributed by atoms with E-state index >= 15 is 0 Å². The molecule has 0 saturated carbocycles. The minimum absolute atomic E-state index is 0. The second-order valence-electron chi connectivity index (χ2n) is 1.36. The van der Waals surface area contributed by atoms with Crippen LogP contribution in [-0.4, -0.2) is 6.04 Å². The summed E-state index contributed by atoms with van der Waals surface area (Å²) in [6.07, 6.45) is 0. The van der Waals surface area contributed by atoms with Crippen LogP contribution in [0.4, 0.5) is 0 Å². The molecule has 0 aromatic carbocycles. The van der Waals surface area contributed by atoms with E-state index in [4.69, 9.17) is 0 Å². The maximum Gasteiger partial charge on any atom is 0 e. The number of nitrogens with one attached hydrogen (secondary N) is 1. The molecule has 0 spiro atoms. The molecule has 0 aliphatic carbocycles. The van der Waals surface area contributed by atoms with E-state index in [1.807, 2.05) is 13.8 Å². The Kier molecular flexibility index (Phi) is 9.30. The second kappa shape index (κ2) is 5.67. The molecule has 0 fully saturated rings. The fraction of sp³-hybridized carbons (Fsp3) is 0.750. The first-order valence-electron chi connectivity index (χ1n) is 1.80. The first-order chi connectivity index (χ1) is 2.27. The van der Waals surface area contributed by atoms with Crippen LogP contribution in [0.15, 0.2) is 0 Å². The van der Waals surface area contributed by atoms with Crippen LogP contribution in [0.1, 0.15) is 13.8 Å². The molecule has 0 unspecified atom stereocenters. The molecule has 1 N–H and O–H groups in total. The van der Waals surface area contributed by atoms with Crippen molar-refractivity contribution >= 4 is 0 Å². The van der Waals surface area contributed by atoms with E-state index in [0.717, 1.165) is 0 Å². The summed E-state index contributed by atoms with van der Waals surface area (Å²) in [6.45, 7) is 4.10. The molecule has 0 heterocycles. The van der Waals surface area contributed by atoms with Gasteiger partial charge in [0.25, 0.3) is 0 Å². The summed E-state index contributed by atoms with van der Waals surface area (Å²) >= 11 is 0. The van der Waals surface area contributed by atoms with Gasteiger partial charge in [0, 0.05) is 21.7 Å². The maximum atomic E-state index is 3.44. The van der Waals surface area contributed by atoms with Gasteiger partial charge < -0.3 is 5.32 Å². The third-order valence-electron chi connectivity index (χ3n) is 0.408. The fourth-order valence-corrected chi connectivity index (χ4v) is 0. The molecule has 36 valence electrons. The van der Waals surface area contributed by atoms with Gasteiger partial charge in [-0.2, -0.15) is 0 Å². The van der Waals surface area contributed by atoms with E-state index < -0.39 is 0 Å². The van der Waals surface area contributed by atoms with Crippen molar-refractivity contribution in [3.05, 3.63) is 7.05 Å². The van der Waals surface area contributed by atoms with Gasteiger partial charge >= 0.3 is 0 Å². The van der Waals surface area contributed by atoms with Crippen LogP contribution in [0, 0.1) is 7.05 Å². The van der Waals surface area contributed by atoms with Gasteiger partial charge in [-0.3, -0.25) is 7.05 Å². The molecule has 0 rings (SSSR count). The number of hydrogen-bond acceptors (Lipinski definition) is 1. The van der Waals surface area contributed by atoms with Gasteiger partial charge in [0.05, 0.1) is 0 Å². The largest absolute Gasteiger partial charge is 0.471 e. The Morgan fingerprint density at radius 2 is 1.67 bits per heavy atom. The van der Waals surface area contributed by atoms with Gasteiger partial charge in [0.1, 0.15) is 0 Å². The van der Waals surface area contributed by atoms with Crippen molar-refractivity contribution in [3.8, 4) is 0 Å². The van der Waals surface area contributed by atoms with Crippen LogP contribution in [0.2, 0.25) is 0 Å². The third kappa shape index (κ3) is 8.82. The third-order valence-corrected chi connectivity index (χ3v) is 0.408. The Hall–Kier alpha value is 0.674.